The van der Waals surface area contributed by atoms with Crippen LogP contribution in [0.25, 0.3) is 33.2 Å². The highest BCUT2D eigenvalue weighted by Gasteiger charge is 2.24. The van der Waals surface area contributed by atoms with Crippen molar-refractivity contribution in [2.45, 2.75) is 40.5 Å². The molecule has 29 heavy (non-hydrogen) atoms. The van der Waals surface area contributed by atoms with Crippen molar-refractivity contribution in [3.63, 3.8) is 0 Å². The Hall–Kier alpha value is -3.07. The predicted molar refractivity (Wildman–Crippen MR) is 120 cm³/mol. The quantitative estimate of drug-likeness (QED) is 0.417. The fourth-order valence-electron chi connectivity index (χ4n) is 4.08. The van der Waals surface area contributed by atoms with Crippen LogP contribution < -0.4 is 4.57 Å². The Morgan fingerprint density at radius 3 is 2.31 bits per heavy atom. The summed E-state index contributed by atoms with van der Waals surface area (Å²) < 4.78 is 2.25. The first-order valence-corrected chi connectivity index (χ1v) is 10.2. The van der Waals surface area contributed by atoms with E-state index in [0.29, 0.717) is 5.92 Å². The second kappa shape index (κ2) is 7.40. The summed E-state index contributed by atoms with van der Waals surface area (Å²) in [5, 5.41) is 2.43. The molecule has 0 unspecified atom stereocenters. The number of rotatable bonds is 3. The standard InChI is InChI=1S/C26H28N3/c1-16(2)26-27-13-21(14-28-26)24-22-10-8-7-9-20(22)15-29(6)25(24)23-12-17(3)11-18(4)19(23)5/h7-16H,1-6H3/q+1. The lowest BCUT2D eigenvalue weighted by molar-refractivity contribution is -0.658. The molecule has 4 rings (SSSR count). The fourth-order valence-corrected chi connectivity index (χ4v) is 4.08. The number of aryl methyl sites for hydroxylation is 3. The van der Waals surface area contributed by atoms with Gasteiger partial charge in [-0.05, 0) is 44.0 Å². The summed E-state index contributed by atoms with van der Waals surface area (Å²) in [6.07, 6.45) is 6.17. The molecule has 0 aliphatic heterocycles. The molecule has 0 N–H and O–H groups in total. The van der Waals surface area contributed by atoms with Crippen LogP contribution in [0.4, 0.5) is 0 Å². The molecule has 0 aliphatic carbocycles. The highest BCUT2D eigenvalue weighted by molar-refractivity contribution is 6.01. The maximum atomic E-state index is 4.66. The number of benzene rings is 2. The van der Waals surface area contributed by atoms with Gasteiger partial charge in [0.15, 0.2) is 6.20 Å². The zero-order chi connectivity index (χ0) is 20.7. The van der Waals surface area contributed by atoms with Crippen LogP contribution in [0.2, 0.25) is 0 Å². The molecule has 0 atom stereocenters. The number of aromatic nitrogens is 3. The average Bonchev–Trinajstić information content (AvgIpc) is 2.70. The molecule has 0 amide bonds. The van der Waals surface area contributed by atoms with E-state index in [1.807, 2.05) is 12.4 Å². The van der Waals surface area contributed by atoms with Gasteiger partial charge in [0.2, 0.25) is 5.69 Å². The molecule has 0 bridgehead atoms. The van der Waals surface area contributed by atoms with Gasteiger partial charge in [0, 0.05) is 34.6 Å². The number of fused-ring (bicyclic) bond motifs is 1. The predicted octanol–water partition coefficient (Wildman–Crippen LogP) is 5.84. The van der Waals surface area contributed by atoms with Gasteiger partial charge in [0.1, 0.15) is 12.9 Å². The van der Waals surface area contributed by atoms with Crippen LogP contribution >= 0.6 is 0 Å². The van der Waals surface area contributed by atoms with Gasteiger partial charge in [-0.1, -0.05) is 43.7 Å². The second-order valence-corrected chi connectivity index (χ2v) is 8.29. The average molecular weight is 383 g/mol. The number of pyridine rings is 1. The minimum atomic E-state index is 0.314. The third kappa shape index (κ3) is 3.42. The zero-order valence-corrected chi connectivity index (χ0v) is 18.1. The summed E-state index contributed by atoms with van der Waals surface area (Å²) in [6, 6.07) is 13.1. The van der Waals surface area contributed by atoms with Crippen molar-refractivity contribution in [1.82, 2.24) is 9.97 Å². The molecule has 2 aromatic heterocycles. The summed E-state index contributed by atoms with van der Waals surface area (Å²) in [5.74, 6) is 1.19. The van der Waals surface area contributed by atoms with Crippen LogP contribution in [0.5, 0.6) is 0 Å². The maximum Gasteiger partial charge on any atom is 0.221 e. The highest BCUT2D eigenvalue weighted by atomic mass is 14.9. The Bertz CT molecular complexity index is 1210. The van der Waals surface area contributed by atoms with Crippen LogP contribution in [0.15, 0.2) is 55.0 Å². The Morgan fingerprint density at radius 2 is 1.62 bits per heavy atom. The van der Waals surface area contributed by atoms with Gasteiger partial charge in [0.25, 0.3) is 0 Å². The van der Waals surface area contributed by atoms with E-state index < -0.39 is 0 Å². The van der Waals surface area contributed by atoms with Crippen molar-refractivity contribution in [3.8, 4) is 22.4 Å². The molecular weight excluding hydrogens is 354 g/mol. The van der Waals surface area contributed by atoms with E-state index >= 15 is 0 Å². The van der Waals surface area contributed by atoms with Crippen molar-refractivity contribution in [2.24, 2.45) is 7.05 Å². The topological polar surface area (TPSA) is 29.7 Å². The normalized spacial score (nSPS) is 11.4. The minimum absolute atomic E-state index is 0.314. The molecule has 146 valence electrons. The monoisotopic (exact) mass is 382 g/mol. The van der Waals surface area contributed by atoms with Gasteiger partial charge in [0.05, 0.1) is 11.1 Å². The first kappa shape index (κ1) is 19.3. The Balaban J connectivity index is 2.10. The molecule has 0 fully saturated rings. The molecule has 2 heterocycles. The zero-order valence-electron chi connectivity index (χ0n) is 18.1. The van der Waals surface area contributed by atoms with E-state index in [1.165, 1.54) is 44.3 Å². The fraction of sp³-hybridized carbons (Fsp3) is 0.269. The molecular formula is C26H28N3+. The number of nitrogens with zero attached hydrogens (tertiary/aromatic N) is 3. The van der Waals surface area contributed by atoms with Crippen LogP contribution in [0.1, 0.15) is 42.3 Å². The Kier molecular flexibility index (Phi) is 4.91. The number of hydrogen-bond donors (Lipinski definition) is 0. The van der Waals surface area contributed by atoms with Gasteiger partial charge in [-0.25, -0.2) is 9.97 Å². The summed E-state index contributed by atoms with van der Waals surface area (Å²) in [7, 11) is 2.13. The SMILES string of the molecule is Cc1cc(C)c(C)c(-c2c(-c3cnc(C(C)C)nc3)c3ccccc3c[n+]2C)c1. The van der Waals surface area contributed by atoms with Gasteiger partial charge < -0.3 is 0 Å². The Morgan fingerprint density at radius 1 is 0.931 bits per heavy atom. The van der Waals surface area contributed by atoms with Gasteiger partial charge >= 0.3 is 0 Å². The molecule has 0 saturated heterocycles. The molecule has 0 radical (unpaired) electrons. The van der Waals surface area contributed by atoms with Gasteiger partial charge in [-0.3, -0.25) is 0 Å². The number of hydrogen-bond acceptors (Lipinski definition) is 2. The van der Waals surface area contributed by atoms with Crippen LogP contribution in [-0.4, -0.2) is 9.97 Å². The lowest BCUT2D eigenvalue weighted by atomic mass is 9.90. The third-order valence-electron chi connectivity index (χ3n) is 5.70. The van der Waals surface area contributed by atoms with Gasteiger partial charge in [-0.2, -0.15) is 4.57 Å². The second-order valence-electron chi connectivity index (χ2n) is 8.29. The lowest BCUT2D eigenvalue weighted by Gasteiger charge is -2.15. The van der Waals surface area contributed by atoms with E-state index in [9.17, 15) is 0 Å². The Labute approximate surface area is 173 Å². The highest BCUT2D eigenvalue weighted by Crippen LogP contribution is 2.37. The third-order valence-corrected chi connectivity index (χ3v) is 5.70. The minimum Gasteiger partial charge on any atom is -0.240 e. The summed E-state index contributed by atoms with van der Waals surface area (Å²) in [5.41, 5.74) is 8.60. The first-order chi connectivity index (χ1) is 13.9. The van der Waals surface area contributed by atoms with E-state index in [0.717, 1.165) is 11.4 Å². The van der Waals surface area contributed by atoms with Crippen molar-refractivity contribution in [2.75, 3.05) is 0 Å². The smallest absolute Gasteiger partial charge is 0.221 e. The molecule has 3 nitrogen and oxygen atoms in total. The van der Waals surface area contributed by atoms with Crippen molar-refractivity contribution < 1.29 is 4.57 Å². The largest absolute Gasteiger partial charge is 0.240 e. The van der Waals surface area contributed by atoms with Crippen molar-refractivity contribution in [1.29, 1.82) is 0 Å². The van der Waals surface area contributed by atoms with Crippen molar-refractivity contribution in [3.05, 3.63) is 77.5 Å². The molecule has 0 saturated carbocycles. The van der Waals surface area contributed by atoms with E-state index in [1.54, 1.807) is 0 Å². The van der Waals surface area contributed by atoms with Crippen LogP contribution in [0, 0.1) is 20.8 Å². The summed E-state index contributed by atoms with van der Waals surface area (Å²) in [6.45, 7) is 10.8. The van der Waals surface area contributed by atoms with E-state index in [-0.39, 0.29) is 0 Å². The van der Waals surface area contributed by atoms with E-state index in [4.69, 9.17) is 0 Å². The molecule has 3 heteroatoms. The first-order valence-electron chi connectivity index (χ1n) is 10.2. The summed E-state index contributed by atoms with van der Waals surface area (Å²) >= 11 is 0. The summed E-state index contributed by atoms with van der Waals surface area (Å²) in [4.78, 5) is 9.33. The van der Waals surface area contributed by atoms with Gasteiger partial charge in [-0.15, -0.1) is 0 Å². The molecule has 4 aromatic rings. The maximum absolute atomic E-state index is 4.66. The van der Waals surface area contributed by atoms with Crippen LogP contribution in [0.3, 0.4) is 0 Å². The van der Waals surface area contributed by atoms with E-state index in [2.05, 4.69) is 98.8 Å². The molecule has 0 aliphatic rings. The lowest BCUT2D eigenvalue weighted by Crippen LogP contribution is -2.31. The van der Waals surface area contributed by atoms with Crippen LogP contribution in [-0.2, 0) is 7.05 Å². The molecule has 2 aromatic carbocycles. The molecule has 0 spiro atoms. The van der Waals surface area contributed by atoms with Crippen molar-refractivity contribution >= 4 is 10.8 Å².